The maximum absolute atomic E-state index is 12.9. The fourth-order valence-corrected chi connectivity index (χ4v) is 4.04. The van der Waals surface area contributed by atoms with Crippen LogP contribution in [-0.2, 0) is 14.4 Å². The molecule has 6 heteroatoms. The summed E-state index contributed by atoms with van der Waals surface area (Å²) in [5, 5.41) is 8.87. The molecule has 1 aromatic carbocycles. The second-order valence-electron chi connectivity index (χ2n) is 9.74. The lowest BCUT2D eigenvalue weighted by Crippen LogP contribution is -2.28. The molecular weight excluding hydrogens is 402 g/mol. The molecular formula is C26H41N3O3. The van der Waals surface area contributed by atoms with Crippen LogP contribution in [0.4, 0.5) is 17.1 Å². The van der Waals surface area contributed by atoms with E-state index in [1.54, 1.807) is 18.2 Å². The van der Waals surface area contributed by atoms with Gasteiger partial charge in [0.2, 0.25) is 17.7 Å². The quantitative estimate of drug-likeness (QED) is 0.434. The van der Waals surface area contributed by atoms with Crippen LogP contribution in [0, 0.1) is 29.6 Å². The summed E-state index contributed by atoms with van der Waals surface area (Å²) in [4.78, 5) is 37.8. The monoisotopic (exact) mass is 443 g/mol. The summed E-state index contributed by atoms with van der Waals surface area (Å²) in [6.45, 7) is 12.2. The lowest BCUT2D eigenvalue weighted by molar-refractivity contribution is -0.121. The van der Waals surface area contributed by atoms with E-state index in [0.29, 0.717) is 28.9 Å². The zero-order valence-corrected chi connectivity index (χ0v) is 20.6. The number of hydrogen-bond donors (Lipinski definition) is 3. The van der Waals surface area contributed by atoms with Crippen LogP contribution in [0.15, 0.2) is 18.2 Å². The van der Waals surface area contributed by atoms with Gasteiger partial charge in [-0.2, -0.15) is 0 Å². The van der Waals surface area contributed by atoms with Gasteiger partial charge in [0.25, 0.3) is 0 Å². The molecule has 1 aromatic rings. The van der Waals surface area contributed by atoms with Gasteiger partial charge < -0.3 is 16.0 Å². The molecule has 1 saturated carbocycles. The van der Waals surface area contributed by atoms with Crippen molar-refractivity contribution in [1.29, 1.82) is 0 Å². The number of carbonyl (C=O) groups is 3. The maximum atomic E-state index is 12.9. The van der Waals surface area contributed by atoms with Gasteiger partial charge in [-0.1, -0.05) is 41.5 Å². The van der Waals surface area contributed by atoms with Gasteiger partial charge in [-0.3, -0.25) is 14.4 Å². The Morgan fingerprint density at radius 3 is 1.53 bits per heavy atom. The van der Waals surface area contributed by atoms with E-state index in [-0.39, 0.29) is 35.5 Å². The molecule has 0 heterocycles. The summed E-state index contributed by atoms with van der Waals surface area (Å²) >= 11 is 0. The molecule has 0 spiro atoms. The largest absolute Gasteiger partial charge is 0.326 e. The van der Waals surface area contributed by atoms with Crippen molar-refractivity contribution in [3.05, 3.63) is 18.2 Å². The summed E-state index contributed by atoms with van der Waals surface area (Å²) in [5.74, 6) is 0.954. The predicted octanol–water partition coefficient (Wildman–Crippen LogP) is 6.06. The third-order valence-electron chi connectivity index (χ3n) is 6.94. The van der Waals surface area contributed by atoms with E-state index in [9.17, 15) is 14.4 Å². The highest BCUT2D eigenvalue weighted by molar-refractivity contribution is 5.99. The number of hydrogen-bond acceptors (Lipinski definition) is 3. The Morgan fingerprint density at radius 1 is 0.750 bits per heavy atom. The van der Waals surface area contributed by atoms with Crippen molar-refractivity contribution in [1.82, 2.24) is 0 Å². The van der Waals surface area contributed by atoms with E-state index in [1.165, 1.54) is 0 Å². The number of carbonyl (C=O) groups excluding carboxylic acids is 3. The standard InChI is InChI=1S/C26H41N3O3/c1-7-17(5)24(30)27-21-13-22(28-25(31)18(6)8-2)15-23(14-21)29-26(32)20-11-9-19(10-12-20)16(3)4/h13-20H,7-12H2,1-6H3,(H,27,30)(H,28,31)(H,29,32)/t17-,18?,19?,20?/m0/s1. The van der Waals surface area contributed by atoms with E-state index in [4.69, 9.17) is 0 Å². The van der Waals surface area contributed by atoms with Crippen molar-refractivity contribution in [2.45, 2.75) is 80.1 Å². The number of rotatable bonds is 9. The van der Waals surface area contributed by atoms with Gasteiger partial charge in [-0.25, -0.2) is 0 Å². The summed E-state index contributed by atoms with van der Waals surface area (Å²) < 4.78 is 0. The SMILES string of the molecule is CCC(C)C(=O)Nc1cc(NC(=O)C2CCC(C(C)C)CC2)cc(NC(=O)[C@@H](C)CC)c1. The maximum Gasteiger partial charge on any atom is 0.227 e. The van der Waals surface area contributed by atoms with Crippen molar-refractivity contribution < 1.29 is 14.4 Å². The van der Waals surface area contributed by atoms with Crippen LogP contribution in [-0.4, -0.2) is 17.7 Å². The van der Waals surface area contributed by atoms with Crippen LogP contribution < -0.4 is 16.0 Å². The fourth-order valence-electron chi connectivity index (χ4n) is 4.04. The van der Waals surface area contributed by atoms with Crippen molar-refractivity contribution >= 4 is 34.8 Å². The van der Waals surface area contributed by atoms with Crippen molar-refractivity contribution in [3.8, 4) is 0 Å². The summed E-state index contributed by atoms with van der Waals surface area (Å²) in [6.07, 6.45) is 5.43. The molecule has 0 bridgehead atoms. The van der Waals surface area contributed by atoms with Gasteiger partial charge in [-0.15, -0.1) is 0 Å². The summed E-state index contributed by atoms with van der Waals surface area (Å²) in [7, 11) is 0. The summed E-state index contributed by atoms with van der Waals surface area (Å²) in [5.41, 5.74) is 1.72. The van der Waals surface area contributed by atoms with Crippen molar-refractivity contribution in [2.75, 3.05) is 16.0 Å². The van der Waals surface area contributed by atoms with E-state index in [0.717, 1.165) is 38.5 Å². The minimum atomic E-state index is -0.123. The first-order valence-corrected chi connectivity index (χ1v) is 12.2. The predicted molar refractivity (Wildman–Crippen MR) is 132 cm³/mol. The van der Waals surface area contributed by atoms with Gasteiger partial charge in [-0.05, 0) is 68.6 Å². The second kappa shape index (κ2) is 12.0. The van der Waals surface area contributed by atoms with Gasteiger partial charge >= 0.3 is 0 Å². The molecule has 3 N–H and O–H groups in total. The minimum absolute atomic E-state index is 0.00140. The molecule has 0 aromatic heterocycles. The molecule has 1 fully saturated rings. The Hall–Kier alpha value is -2.37. The van der Waals surface area contributed by atoms with Crippen molar-refractivity contribution in [2.24, 2.45) is 29.6 Å². The lowest BCUT2D eigenvalue weighted by atomic mass is 9.76. The van der Waals surface area contributed by atoms with Gasteiger partial charge in [0.15, 0.2) is 0 Å². The smallest absolute Gasteiger partial charge is 0.227 e. The highest BCUT2D eigenvalue weighted by Gasteiger charge is 2.28. The van der Waals surface area contributed by atoms with Crippen LogP contribution in [0.2, 0.25) is 0 Å². The molecule has 2 atom stereocenters. The van der Waals surface area contributed by atoms with Crippen molar-refractivity contribution in [3.63, 3.8) is 0 Å². The van der Waals surface area contributed by atoms with E-state index < -0.39 is 0 Å². The Balaban J connectivity index is 2.17. The topological polar surface area (TPSA) is 87.3 Å². The van der Waals surface area contributed by atoms with Crippen LogP contribution in [0.1, 0.15) is 80.1 Å². The molecule has 3 amide bonds. The van der Waals surface area contributed by atoms with E-state index in [2.05, 4.69) is 29.8 Å². The number of nitrogens with one attached hydrogen (secondary N) is 3. The molecule has 6 nitrogen and oxygen atoms in total. The Bertz CT molecular complexity index is 755. The second-order valence-corrected chi connectivity index (χ2v) is 9.74. The number of anilines is 3. The average Bonchev–Trinajstić information content (AvgIpc) is 2.77. The zero-order chi connectivity index (χ0) is 23.8. The molecule has 1 aliphatic carbocycles. The molecule has 32 heavy (non-hydrogen) atoms. The van der Waals surface area contributed by atoms with Crippen LogP contribution >= 0.6 is 0 Å². The first-order valence-electron chi connectivity index (χ1n) is 12.2. The summed E-state index contributed by atoms with van der Waals surface area (Å²) in [6, 6.07) is 5.26. The molecule has 2 rings (SSSR count). The normalized spacial score (nSPS) is 20.3. The Kier molecular flexibility index (Phi) is 9.73. The average molecular weight is 444 g/mol. The van der Waals surface area contributed by atoms with Gasteiger partial charge in [0.05, 0.1) is 0 Å². The van der Waals surface area contributed by atoms with E-state index >= 15 is 0 Å². The molecule has 0 aliphatic heterocycles. The van der Waals surface area contributed by atoms with Gasteiger partial charge in [0, 0.05) is 34.8 Å². The number of benzene rings is 1. The molecule has 1 aliphatic rings. The van der Waals surface area contributed by atoms with Crippen LogP contribution in [0.5, 0.6) is 0 Å². The Morgan fingerprint density at radius 2 is 1.16 bits per heavy atom. The van der Waals surface area contributed by atoms with E-state index in [1.807, 2.05) is 27.7 Å². The first kappa shape index (κ1) is 25.9. The van der Waals surface area contributed by atoms with Crippen LogP contribution in [0.25, 0.3) is 0 Å². The molecule has 1 unspecified atom stereocenters. The minimum Gasteiger partial charge on any atom is -0.326 e. The Labute approximate surface area is 193 Å². The molecule has 178 valence electrons. The van der Waals surface area contributed by atoms with Crippen LogP contribution in [0.3, 0.4) is 0 Å². The first-order chi connectivity index (χ1) is 15.1. The zero-order valence-electron chi connectivity index (χ0n) is 20.6. The molecule has 0 radical (unpaired) electrons. The highest BCUT2D eigenvalue weighted by atomic mass is 16.2. The third-order valence-corrected chi connectivity index (χ3v) is 6.94. The molecule has 0 saturated heterocycles. The lowest BCUT2D eigenvalue weighted by Gasteiger charge is -2.30. The number of amides is 3. The highest BCUT2D eigenvalue weighted by Crippen LogP contribution is 2.34. The fraction of sp³-hybridized carbons (Fsp3) is 0.654. The third kappa shape index (κ3) is 7.35. The van der Waals surface area contributed by atoms with Gasteiger partial charge in [0.1, 0.15) is 0 Å².